The highest BCUT2D eigenvalue weighted by atomic mass is 35.5. The summed E-state index contributed by atoms with van der Waals surface area (Å²) in [6.07, 6.45) is 0. The van der Waals surface area contributed by atoms with Crippen LogP contribution in [0.3, 0.4) is 0 Å². The second kappa shape index (κ2) is 7.70. The molecule has 0 radical (unpaired) electrons. The number of halogens is 2. The van der Waals surface area contributed by atoms with Crippen LogP contribution in [-0.2, 0) is 0 Å². The average Bonchev–Trinajstić information content (AvgIpc) is 2.73. The molecule has 1 heterocycles. The van der Waals surface area contributed by atoms with Crippen LogP contribution in [0.4, 0.5) is 0 Å². The Bertz CT molecular complexity index is 1160. The van der Waals surface area contributed by atoms with Crippen LogP contribution in [0.25, 0.3) is 33.3 Å². The molecule has 0 spiro atoms. The summed E-state index contributed by atoms with van der Waals surface area (Å²) in [5, 5.41) is 2.16. The molecule has 3 nitrogen and oxygen atoms in total. The van der Waals surface area contributed by atoms with E-state index in [1.54, 1.807) is 20.3 Å². The van der Waals surface area contributed by atoms with Crippen molar-refractivity contribution in [3.8, 4) is 33.9 Å². The highest BCUT2D eigenvalue weighted by Crippen LogP contribution is 2.40. The van der Waals surface area contributed by atoms with Gasteiger partial charge in [0.05, 0.1) is 30.5 Å². The Balaban J connectivity index is 2.02. The highest BCUT2D eigenvalue weighted by molar-refractivity contribution is 6.32. The van der Waals surface area contributed by atoms with E-state index < -0.39 is 0 Å². The average molecular weight is 410 g/mol. The van der Waals surface area contributed by atoms with Crippen LogP contribution in [0.2, 0.25) is 10.0 Å². The Morgan fingerprint density at radius 1 is 0.750 bits per heavy atom. The van der Waals surface area contributed by atoms with Gasteiger partial charge < -0.3 is 9.47 Å². The molecule has 0 aliphatic carbocycles. The number of ether oxygens (including phenoxy) is 2. The number of benzene rings is 3. The van der Waals surface area contributed by atoms with Gasteiger partial charge in [-0.2, -0.15) is 0 Å². The molecule has 4 aromatic rings. The Morgan fingerprint density at radius 2 is 1.50 bits per heavy atom. The first-order valence-electron chi connectivity index (χ1n) is 8.68. The molecule has 4 rings (SSSR count). The lowest BCUT2D eigenvalue weighted by atomic mass is 9.98. The van der Waals surface area contributed by atoms with Gasteiger partial charge in [-0.1, -0.05) is 53.5 Å². The molecule has 0 aliphatic heterocycles. The lowest BCUT2D eigenvalue weighted by molar-refractivity contribution is 0.395. The maximum atomic E-state index is 6.38. The molecular weight excluding hydrogens is 393 g/mol. The zero-order valence-electron chi connectivity index (χ0n) is 15.4. The van der Waals surface area contributed by atoms with E-state index in [0.29, 0.717) is 21.5 Å². The molecule has 0 bridgehead atoms. The van der Waals surface area contributed by atoms with Gasteiger partial charge in [-0.3, -0.25) is 0 Å². The number of fused-ring (bicyclic) bond motifs is 1. The van der Waals surface area contributed by atoms with Crippen molar-refractivity contribution >= 4 is 34.1 Å². The zero-order chi connectivity index (χ0) is 19.7. The van der Waals surface area contributed by atoms with Crippen molar-refractivity contribution in [1.82, 2.24) is 4.98 Å². The van der Waals surface area contributed by atoms with E-state index in [9.17, 15) is 0 Å². The van der Waals surface area contributed by atoms with Crippen molar-refractivity contribution < 1.29 is 9.47 Å². The van der Waals surface area contributed by atoms with E-state index >= 15 is 0 Å². The summed E-state index contributed by atoms with van der Waals surface area (Å²) in [5.41, 5.74) is 4.52. The van der Waals surface area contributed by atoms with Crippen LogP contribution in [0, 0.1) is 0 Å². The first-order valence-corrected chi connectivity index (χ1v) is 9.44. The van der Waals surface area contributed by atoms with Crippen LogP contribution >= 0.6 is 23.2 Å². The third-order valence-electron chi connectivity index (χ3n) is 4.61. The van der Waals surface area contributed by atoms with E-state index in [2.05, 4.69) is 12.1 Å². The number of pyridine rings is 1. The van der Waals surface area contributed by atoms with Gasteiger partial charge in [0.2, 0.25) is 0 Å². The predicted octanol–water partition coefficient (Wildman–Crippen LogP) is 6.89. The molecule has 3 aromatic carbocycles. The fraction of sp³-hybridized carbons (Fsp3) is 0.0870. The molecule has 0 amide bonds. The summed E-state index contributed by atoms with van der Waals surface area (Å²) in [6, 6.07) is 21.5. The Morgan fingerprint density at radius 3 is 2.21 bits per heavy atom. The van der Waals surface area contributed by atoms with Gasteiger partial charge in [0.1, 0.15) is 11.5 Å². The smallest absolute Gasteiger partial charge is 0.141 e. The van der Waals surface area contributed by atoms with Crippen LogP contribution < -0.4 is 9.47 Å². The third-order valence-corrected chi connectivity index (χ3v) is 5.14. The molecular formula is C23H17Cl2NO2. The van der Waals surface area contributed by atoms with Gasteiger partial charge >= 0.3 is 0 Å². The molecule has 0 atom stereocenters. The van der Waals surface area contributed by atoms with E-state index in [-0.39, 0.29) is 0 Å². The number of nitrogens with zero attached hydrogens (tertiary/aromatic N) is 1. The molecule has 5 heteroatoms. The molecule has 0 unspecified atom stereocenters. The minimum Gasteiger partial charge on any atom is -0.496 e. The molecule has 140 valence electrons. The zero-order valence-corrected chi connectivity index (χ0v) is 16.9. The van der Waals surface area contributed by atoms with Gasteiger partial charge in [-0.25, -0.2) is 4.98 Å². The minimum atomic E-state index is 0.498. The van der Waals surface area contributed by atoms with E-state index in [1.807, 2.05) is 48.5 Å². The van der Waals surface area contributed by atoms with Crippen molar-refractivity contribution in [2.45, 2.75) is 0 Å². The van der Waals surface area contributed by atoms with Crippen molar-refractivity contribution in [2.75, 3.05) is 14.2 Å². The molecule has 0 saturated heterocycles. The van der Waals surface area contributed by atoms with Gasteiger partial charge in [0, 0.05) is 22.0 Å². The van der Waals surface area contributed by atoms with Crippen molar-refractivity contribution in [1.29, 1.82) is 0 Å². The Hall–Kier alpha value is -2.75. The second-order valence-corrected chi connectivity index (χ2v) is 7.11. The van der Waals surface area contributed by atoms with Gasteiger partial charge in [0.15, 0.2) is 0 Å². The summed E-state index contributed by atoms with van der Waals surface area (Å²) in [7, 11) is 3.19. The fourth-order valence-corrected chi connectivity index (χ4v) is 3.67. The Kier molecular flexibility index (Phi) is 5.12. The maximum Gasteiger partial charge on any atom is 0.141 e. The van der Waals surface area contributed by atoms with E-state index in [1.165, 1.54) is 0 Å². The number of methoxy groups -OCH3 is 2. The number of rotatable bonds is 4. The van der Waals surface area contributed by atoms with Gasteiger partial charge in [-0.15, -0.1) is 0 Å². The predicted molar refractivity (Wildman–Crippen MR) is 116 cm³/mol. The quantitative estimate of drug-likeness (QED) is 0.367. The van der Waals surface area contributed by atoms with Crippen molar-refractivity contribution in [3.63, 3.8) is 0 Å². The van der Waals surface area contributed by atoms with Crippen LogP contribution in [0.5, 0.6) is 11.5 Å². The van der Waals surface area contributed by atoms with Gasteiger partial charge in [-0.05, 0) is 41.5 Å². The lowest BCUT2D eigenvalue weighted by Crippen LogP contribution is -1.95. The van der Waals surface area contributed by atoms with Crippen LogP contribution in [-0.4, -0.2) is 19.2 Å². The van der Waals surface area contributed by atoms with Crippen LogP contribution in [0.15, 0.2) is 66.7 Å². The number of hydrogen-bond donors (Lipinski definition) is 0. The molecule has 28 heavy (non-hydrogen) atoms. The molecule has 1 aromatic heterocycles. The molecule has 0 aliphatic rings. The van der Waals surface area contributed by atoms with E-state index in [4.69, 9.17) is 37.7 Å². The number of aromatic nitrogens is 1. The largest absolute Gasteiger partial charge is 0.496 e. The summed E-state index contributed by atoms with van der Waals surface area (Å²) in [5.74, 6) is 1.19. The van der Waals surface area contributed by atoms with Crippen molar-refractivity contribution in [2.24, 2.45) is 0 Å². The molecule has 0 fully saturated rings. The molecule has 0 N–H and O–H groups in total. The third kappa shape index (κ3) is 3.39. The fourth-order valence-electron chi connectivity index (χ4n) is 3.25. The standard InChI is InChI=1S/C23H17Cl2NO2/c1-27-22-13-23(28-2)19(25)11-18(22)21-12-16(14-6-4-3-5-7-14)17-10-15(24)8-9-20(17)26-21/h3-13H,1-2H3. The first-order chi connectivity index (χ1) is 13.6. The summed E-state index contributed by atoms with van der Waals surface area (Å²) in [4.78, 5) is 4.84. The SMILES string of the molecule is COc1cc(OC)c(-c2cc(-c3ccccc3)c3cc(Cl)ccc3n2)cc1Cl. The summed E-state index contributed by atoms with van der Waals surface area (Å²) >= 11 is 12.6. The lowest BCUT2D eigenvalue weighted by Gasteiger charge is -2.14. The minimum absolute atomic E-state index is 0.498. The summed E-state index contributed by atoms with van der Waals surface area (Å²) in [6.45, 7) is 0. The molecule has 0 saturated carbocycles. The first kappa shape index (κ1) is 18.6. The second-order valence-electron chi connectivity index (χ2n) is 6.27. The normalized spacial score (nSPS) is 10.9. The van der Waals surface area contributed by atoms with E-state index in [0.717, 1.165) is 33.3 Å². The van der Waals surface area contributed by atoms with Crippen molar-refractivity contribution in [3.05, 3.63) is 76.8 Å². The Labute approximate surface area is 173 Å². The van der Waals surface area contributed by atoms with Crippen LogP contribution in [0.1, 0.15) is 0 Å². The summed E-state index contributed by atoms with van der Waals surface area (Å²) < 4.78 is 10.9. The maximum absolute atomic E-state index is 6.38. The van der Waals surface area contributed by atoms with Gasteiger partial charge in [0.25, 0.3) is 0 Å². The topological polar surface area (TPSA) is 31.4 Å². The number of hydrogen-bond acceptors (Lipinski definition) is 3. The highest BCUT2D eigenvalue weighted by Gasteiger charge is 2.16. The monoisotopic (exact) mass is 409 g/mol.